The van der Waals surface area contributed by atoms with E-state index in [1.807, 2.05) is 0 Å². The van der Waals surface area contributed by atoms with Gasteiger partial charge in [-0.2, -0.15) is 0 Å². The number of ether oxygens (including phenoxy) is 5. The molecule has 0 N–H and O–H groups in total. The molecule has 3 aromatic rings. The molecule has 3 aromatic carbocycles. The van der Waals surface area contributed by atoms with E-state index < -0.39 is 11.8 Å². The highest BCUT2D eigenvalue weighted by Crippen LogP contribution is 2.40. The van der Waals surface area contributed by atoms with E-state index in [1.54, 1.807) is 74.9 Å². The van der Waals surface area contributed by atoms with Gasteiger partial charge in [0.15, 0.2) is 11.5 Å². The molecule has 0 aliphatic carbocycles. The second-order valence-corrected chi connectivity index (χ2v) is 7.92. The zero-order valence-corrected chi connectivity index (χ0v) is 21.2. The van der Waals surface area contributed by atoms with Crippen LogP contribution in [0.25, 0.3) is 11.1 Å². The first kappa shape index (κ1) is 25.6. The number of carbonyl (C=O) groups excluding carboxylic acids is 2. The van der Waals surface area contributed by atoms with Crippen LogP contribution in [0.1, 0.15) is 16.7 Å². The first-order valence-corrected chi connectivity index (χ1v) is 11.3. The van der Waals surface area contributed by atoms with Crippen molar-refractivity contribution >= 4 is 23.0 Å². The molecule has 4 rings (SSSR count). The molecule has 0 radical (unpaired) electrons. The van der Waals surface area contributed by atoms with Gasteiger partial charge in [0, 0.05) is 0 Å². The average Bonchev–Trinajstić information content (AvgIpc) is 3.19. The predicted molar refractivity (Wildman–Crippen MR) is 136 cm³/mol. The third-order valence-corrected chi connectivity index (χ3v) is 5.89. The number of nitrogens with zero attached hydrogens (tertiary/aromatic N) is 1. The van der Waals surface area contributed by atoms with E-state index >= 15 is 0 Å². The molecule has 192 valence electrons. The van der Waals surface area contributed by atoms with Crippen molar-refractivity contribution in [1.29, 1.82) is 0 Å². The third-order valence-electron chi connectivity index (χ3n) is 5.89. The predicted octanol–water partition coefficient (Wildman–Crippen LogP) is 4.14. The van der Waals surface area contributed by atoms with Crippen molar-refractivity contribution < 1.29 is 38.1 Å². The van der Waals surface area contributed by atoms with E-state index in [4.69, 9.17) is 28.5 Å². The van der Waals surface area contributed by atoms with Crippen LogP contribution in [0, 0.1) is 0 Å². The van der Waals surface area contributed by atoms with Gasteiger partial charge in [-0.3, -0.25) is 14.4 Å². The molecule has 37 heavy (non-hydrogen) atoms. The fourth-order valence-electron chi connectivity index (χ4n) is 4.04. The Kier molecular flexibility index (Phi) is 7.64. The Morgan fingerprint density at radius 3 is 1.38 bits per heavy atom. The van der Waals surface area contributed by atoms with E-state index in [1.165, 1.54) is 21.3 Å². The monoisotopic (exact) mass is 505 g/mol. The van der Waals surface area contributed by atoms with Gasteiger partial charge in [0.2, 0.25) is 5.75 Å². The number of hydroxylamine groups is 2. The number of hydrogen-bond donors (Lipinski definition) is 0. The molecule has 0 saturated heterocycles. The molecule has 2 amide bonds. The second kappa shape index (κ2) is 11.0. The Morgan fingerprint density at radius 1 is 0.595 bits per heavy atom. The van der Waals surface area contributed by atoms with E-state index in [0.717, 1.165) is 5.06 Å². The van der Waals surface area contributed by atoms with Gasteiger partial charge in [0.1, 0.15) is 18.1 Å². The van der Waals surface area contributed by atoms with Gasteiger partial charge in [0.25, 0.3) is 11.8 Å². The zero-order chi connectivity index (χ0) is 26.5. The summed E-state index contributed by atoms with van der Waals surface area (Å²) in [4.78, 5) is 32.9. The van der Waals surface area contributed by atoms with Gasteiger partial charge in [0.05, 0.1) is 46.7 Å². The minimum Gasteiger partial charge on any atom is -0.497 e. The van der Waals surface area contributed by atoms with Gasteiger partial charge in [-0.25, -0.2) is 0 Å². The van der Waals surface area contributed by atoms with Crippen LogP contribution in [0.2, 0.25) is 0 Å². The van der Waals surface area contributed by atoms with Crippen LogP contribution in [0.4, 0.5) is 0 Å². The van der Waals surface area contributed by atoms with Gasteiger partial charge in [-0.05, 0) is 53.1 Å². The van der Waals surface area contributed by atoms with E-state index in [0.29, 0.717) is 45.4 Å². The van der Waals surface area contributed by atoms with E-state index in [9.17, 15) is 9.59 Å². The molecular weight excluding hydrogens is 478 g/mol. The number of amides is 2. The highest BCUT2D eigenvalue weighted by Gasteiger charge is 2.41. The van der Waals surface area contributed by atoms with Gasteiger partial charge in [-0.15, -0.1) is 5.06 Å². The van der Waals surface area contributed by atoms with Crippen LogP contribution in [-0.2, 0) is 21.0 Å². The summed E-state index contributed by atoms with van der Waals surface area (Å²) in [5, 5.41) is 0.780. The smallest absolute Gasteiger partial charge is 0.286 e. The number of methoxy groups -OCH3 is 5. The van der Waals surface area contributed by atoms with Crippen LogP contribution in [0.5, 0.6) is 28.7 Å². The molecule has 9 nitrogen and oxygen atoms in total. The molecule has 1 aliphatic rings. The van der Waals surface area contributed by atoms with E-state index in [2.05, 4.69) is 0 Å². The Bertz CT molecular complexity index is 1230. The highest BCUT2D eigenvalue weighted by molar-refractivity contribution is 6.48. The topological polar surface area (TPSA) is 92.8 Å². The first-order chi connectivity index (χ1) is 17.9. The lowest BCUT2D eigenvalue weighted by Gasteiger charge is -2.17. The summed E-state index contributed by atoms with van der Waals surface area (Å²) >= 11 is 0. The zero-order valence-electron chi connectivity index (χ0n) is 21.2. The second-order valence-electron chi connectivity index (χ2n) is 7.92. The minimum atomic E-state index is -0.576. The van der Waals surface area contributed by atoms with Crippen molar-refractivity contribution in [3.63, 3.8) is 0 Å². The standard InChI is InChI=1S/C28H27NO8/c1-32-20-10-6-18(7-11-20)24-25(19-8-12-21(33-2)13-9-19)28(31)29(27(24)30)37-16-17-14-22(34-3)26(36-5)23(15-17)35-4/h6-15H,16H2,1-5H3. The van der Waals surface area contributed by atoms with Crippen LogP contribution in [0.15, 0.2) is 60.7 Å². The Hall–Kier alpha value is -4.50. The summed E-state index contributed by atoms with van der Waals surface area (Å²) < 4.78 is 26.6. The molecule has 0 fully saturated rings. The lowest BCUT2D eigenvalue weighted by atomic mass is 9.96. The minimum absolute atomic E-state index is 0.0972. The lowest BCUT2D eigenvalue weighted by Crippen LogP contribution is -2.31. The number of rotatable bonds is 10. The summed E-state index contributed by atoms with van der Waals surface area (Å²) in [7, 11) is 7.62. The molecule has 0 bridgehead atoms. The fourth-order valence-corrected chi connectivity index (χ4v) is 4.04. The molecule has 0 spiro atoms. The van der Waals surface area contributed by atoms with Crippen LogP contribution >= 0.6 is 0 Å². The maximum absolute atomic E-state index is 13.5. The number of benzene rings is 3. The largest absolute Gasteiger partial charge is 0.497 e. The van der Waals surface area contributed by atoms with Gasteiger partial charge < -0.3 is 23.7 Å². The van der Waals surface area contributed by atoms with Gasteiger partial charge >= 0.3 is 0 Å². The van der Waals surface area contributed by atoms with Gasteiger partial charge in [-0.1, -0.05) is 24.3 Å². The van der Waals surface area contributed by atoms with Crippen LogP contribution < -0.4 is 23.7 Å². The lowest BCUT2D eigenvalue weighted by molar-refractivity contribution is -0.188. The Balaban J connectivity index is 1.69. The molecule has 1 heterocycles. The number of imide groups is 1. The quantitative estimate of drug-likeness (QED) is 0.380. The molecule has 0 unspecified atom stereocenters. The summed E-state index contributed by atoms with van der Waals surface area (Å²) in [6, 6.07) is 17.2. The normalized spacial score (nSPS) is 13.2. The van der Waals surface area contributed by atoms with Crippen molar-refractivity contribution in [2.45, 2.75) is 6.61 Å². The average molecular weight is 506 g/mol. The van der Waals surface area contributed by atoms with Crippen LogP contribution in [0.3, 0.4) is 0 Å². The molecule has 0 aromatic heterocycles. The third kappa shape index (κ3) is 4.94. The Labute approximate surface area is 214 Å². The Morgan fingerprint density at radius 2 is 1.03 bits per heavy atom. The van der Waals surface area contributed by atoms with Crippen molar-refractivity contribution in [3.8, 4) is 28.7 Å². The maximum atomic E-state index is 13.5. The van der Waals surface area contributed by atoms with Crippen molar-refractivity contribution in [1.82, 2.24) is 5.06 Å². The summed E-state index contributed by atoms with van der Waals surface area (Å²) in [5.74, 6) is 1.38. The molecule has 0 atom stereocenters. The number of hydrogen-bond acceptors (Lipinski definition) is 8. The molecule has 0 saturated carbocycles. The highest BCUT2D eigenvalue weighted by atomic mass is 16.7. The summed E-state index contributed by atoms with van der Waals surface area (Å²) in [6.07, 6.45) is 0. The van der Waals surface area contributed by atoms with Crippen molar-refractivity contribution in [3.05, 3.63) is 77.4 Å². The van der Waals surface area contributed by atoms with Crippen molar-refractivity contribution in [2.75, 3.05) is 35.5 Å². The van der Waals surface area contributed by atoms with E-state index in [-0.39, 0.29) is 17.8 Å². The molecule has 9 heteroatoms. The molecular formula is C28H27NO8. The number of carbonyl (C=O) groups is 2. The van der Waals surface area contributed by atoms with Crippen molar-refractivity contribution in [2.24, 2.45) is 0 Å². The van der Waals surface area contributed by atoms with Crippen LogP contribution in [-0.4, -0.2) is 52.4 Å². The molecule has 1 aliphatic heterocycles. The summed E-state index contributed by atoms with van der Waals surface area (Å²) in [5.41, 5.74) is 2.18. The maximum Gasteiger partial charge on any atom is 0.286 e. The SMILES string of the molecule is COc1ccc(C2=C(c3ccc(OC)cc3)C(=O)N(OCc3cc(OC)c(OC)c(OC)c3)C2=O)cc1. The fraction of sp³-hybridized carbons (Fsp3) is 0.214. The first-order valence-electron chi connectivity index (χ1n) is 11.3. The summed E-state index contributed by atoms with van der Waals surface area (Å²) in [6.45, 7) is -0.0972.